The zero-order valence-corrected chi connectivity index (χ0v) is 17.8. The van der Waals surface area contributed by atoms with E-state index < -0.39 is 29.0 Å². The maximum atomic E-state index is 14.2. The van der Waals surface area contributed by atoms with Crippen molar-refractivity contribution < 1.29 is 23.1 Å². The van der Waals surface area contributed by atoms with E-state index in [0.717, 1.165) is 37.5 Å². The van der Waals surface area contributed by atoms with Gasteiger partial charge in [-0.1, -0.05) is 25.3 Å². The van der Waals surface area contributed by atoms with Crippen LogP contribution in [-0.2, 0) is 0 Å². The highest BCUT2D eigenvalue weighted by molar-refractivity contribution is 5.94. The van der Waals surface area contributed by atoms with E-state index in [1.807, 2.05) is 0 Å². The molecule has 1 fully saturated rings. The number of amides is 1. The molecular formula is C22H21F2N5O4. The average Bonchev–Trinajstić information content (AvgIpc) is 3.20. The van der Waals surface area contributed by atoms with Gasteiger partial charge in [0.15, 0.2) is 17.9 Å². The summed E-state index contributed by atoms with van der Waals surface area (Å²) < 4.78 is 34.5. The minimum Gasteiger partial charge on any atom is -0.496 e. The van der Waals surface area contributed by atoms with Gasteiger partial charge in [0.25, 0.3) is 0 Å². The van der Waals surface area contributed by atoms with Crippen LogP contribution in [0.4, 0.5) is 19.3 Å². The summed E-state index contributed by atoms with van der Waals surface area (Å²) in [5.74, 6) is -1.77. The molecule has 0 saturated heterocycles. The third-order valence-corrected chi connectivity index (χ3v) is 5.68. The Morgan fingerprint density at radius 3 is 2.45 bits per heavy atom. The smallest absolute Gasteiger partial charge is 0.377 e. The minimum absolute atomic E-state index is 0.250. The van der Waals surface area contributed by atoms with Gasteiger partial charge in [0, 0.05) is 17.8 Å². The summed E-state index contributed by atoms with van der Waals surface area (Å²) in [6.07, 6.45) is 4.81. The van der Waals surface area contributed by atoms with Gasteiger partial charge in [-0.15, -0.1) is 4.68 Å². The first-order valence-electron chi connectivity index (χ1n) is 10.4. The first-order chi connectivity index (χ1) is 16.0. The van der Waals surface area contributed by atoms with Crippen molar-refractivity contribution in [1.29, 1.82) is 0 Å². The van der Waals surface area contributed by atoms with E-state index in [0.29, 0.717) is 39.7 Å². The fourth-order valence-electron chi connectivity index (χ4n) is 4.06. The summed E-state index contributed by atoms with van der Waals surface area (Å²) in [6, 6.07) is 6.64. The number of hydrogen-bond acceptors (Lipinski definition) is 6. The lowest BCUT2D eigenvalue weighted by Crippen LogP contribution is -2.47. The first kappa shape index (κ1) is 22.3. The van der Waals surface area contributed by atoms with Crippen LogP contribution in [0.2, 0.25) is 0 Å². The predicted molar refractivity (Wildman–Crippen MR) is 114 cm³/mol. The highest BCUT2D eigenvalue weighted by atomic mass is 19.1. The molecule has 1 heterocycles. The number of methoxy groups -OCH3 is 1. The van der Waals surface area contributed by atoms with Crippen LogP contribution >= 0.6 is 0 Å². The summed E-state index contributed by atoms with van der Waals surface area (Å²) in [6.45, 7) is 0. The van der Waals surface area contributed by atoms with Gasteiger partial charge >= 0.3 is 11.7 Å². The van der Waals surface area contributed by atoms with Crippen molar-refractivity contribution in [2.24, 2.45) is 0 Å². The van der Waals surface area contributed by atoms with Crippen LogP contribution in [-0.4, -0.2) is 45.3 Å². The molecule has 11 heteroatoms. The van der Waals surface area contributed by atoms with Crippen LogP contribution in [0.3, 0.4) is 0 Å². The molecule has 0 aliphatic heterocycles. The van der Waals surface area contributed by atoms with E-state index in [1.165, 1.54) is 24.1 Å². The fraction of sp³-hybridized carbons (Fsp3) is 0.318. The van der Waals surface area contributed by atoms with Crippen molar-refractivity contribution in [3.63, 3.8) is 0 Å². The van der Waals surface area contributed by atoms with Gasteiger partial charge in [-0.2, -0.15) is 4.68 Å². The maximum absolute atomic E-state index is 14.2. The number of carbonyl (C=O) groups is 2. The van der Waals surface area contributed by atoms with Gasteiger partial charge in [0.05, 0.1) is 12.7 Å². The van der Waals surface area contributed by atoms with E-state index in [4.69, 9.17) is 4.74 Å². The monoisotopic (exact) mass is 457 g/mol. The molecule has 172 valence electrons. The van der Waals surface area contributed by atoms with Gasteiger partial charge < -0.3 is 4.74 Å². The summed E-state index contributed by atoms with van der Waals surface area (Å²) >= 11 is 0. The number of anilines is 1. The molecule has 1 saturated carbocycles. The standard InChI is InChI=1S/C22H21F2N5O4/c1-33-19-12-16(11-10-14(19)13-30)27(15-6-3-2-4-7-15)21(31)29-22(32)28(25-26-29)20-17(23)8-5-9-18(20)24/h5,8-13,15H,2-4,6-7H2,1H3. The molecule has 1 aliphatic rings. The van der Waals surface area contributed by atoms with Gasteiger partial charge in [0.2, 0.25) is 0 Å². The highest BCUT2D eigenvalue weighted by Gasteiger charge is 2.31. The Kier molecular flexibility index (Phi) is 6.29. The Hall–Kier alpha value is -3.89. The van der Waals surface area contributed by atoms with Gasteiger partial charge in [-0.05, 0) is 47.5 Å². The third kappa shape index (κ3) is 4.13. The molecule has 4 rings (SSSR count). The number of para-hydroxylation sites is 1. The number of tetrazole rings is 1. The van der Waals surface area contributed by atoms with Gasteiger partial charge in [-0.3, -0.25) is 9.69 Å². The third-order valence-electron chi connectivity index (χ3n) is 5.68. The second-order valence-corrected chi connectivity index (χ2v) is 7.64. The molecule has 0 atom stereocenters. The topological polar surface area (TPSA) is 99.3 Å². The number of carbonyl (C=O) groups excluding carboxylic acids is 2. The fourth-order valence-corrected chi connectivity index (χ4v) is 4.06. The zero-order valence-electron chi connectivity index (χ0n) is 17.8. The lowest BCUT2D eigenvalue weighted by molar-refractivity contribution is 0.112. The number of rotatable bonds is 5. The summed E-state index contributed by atoms with van der Waals surface area (Å²) in [7, 11) is 1.40. The zero-order chi connectivity index (χ0) is 23.5. The SMILES string of the molecule is COc1cc(N(C(=O)n2nnn(-c3c(F)cccc3F)c2=O)C2CCCCC2)ccc1C=O. The van der Waals surface area contributed by atoms with Crippen LogP contribution < -0.4 is 15.3 Å². The van der Waals surface area contributed by atoms with Crippen LogP contribution in [0.15, 0.2) is 41.2 Å². The number of aromatic nitrogens is 4. The van der Waals surface area contributed by atoms with Crippen molar-refractivity contribution in [1.82, 2.24) is 19.8 Å². The second-order valence-electron chi connectivity index (χ2n) is 7.64. The molecule has 9 nitrogen and oxygen atoms in total. The molecule has 1 amide bonds. The highest BCUT2D eigenvalue weighted by Crippen LogP contribution is 2.31. The number of hydrogen-bond donors (Lipinski definition) is 0. The van der Waals surface area contributed by atoms with E-state index in [-0.39, 0.29) is 11.8 Å². The Morgan fingerprint density at radius 2 is 1.82 bits per heavy atom. The molecule has 1 aliphatic carbocycles. The molecular weight excluding hydrogens is 436 g/mol. The first-order valence-corrected chi connectivity index (χ1v) is 10.4. The molecule has 1 aromatic heterocycles. The summed E-state index contributed by atoms with van der Waals surface area (Å²) in [5, 5.41) is 7.13. The molecule has 33 heavy (non-hydrogen) atoms. The second kappa shape index (κ2) is 9.31. The Labute approximate surface area is 187 Å². The van der Waals surface area contributed by atoms with Gasteiger partial charge in [-0.25, -0.2) is 18.4 Å². The van der Waals surface area contributed by atoms with Crippen LogP contribution in [0.1, 0.15) is 42.5 Å². The van der Waals surface area contributed by atoms with Crippen molar-refractivity contribution in [3.05, 3.63) is 64.1 Å². The lowest BCUT2D eigenvalue weighted by Gasteiger charge is -2.33. The molecule has 2 aromatic carbocycles. The van der Waals surface area contributed by atoms with E-state index in [1.54, 1.807) is 6.07 Å². The normalized spacial score (nSPS) is 14.2. The summed E-state index contributed by atoms with van der Waals surface area (Å²) in [4.78, 5) is 39.1. The van der Waals surface area contributed by atoms with Crippen LogP contribution in [0.5, 0.6) is 5.75 Å². The number of nitrogens with zero attached hydrogens (tertiary/aromatic N) is 5. The Bertz CT molecular complexity index is 1230. The molecule has 0 spiro atoms. The van der Waals surface area contributed by atoms with E-state index in [9.17, 15) is 23.2 Å². The van der Waals surface area contributed by atoms with Crippen LogP contribution in [0, 0.1) is 11.6 Å². The molecule has 0 N–H and O–H groups in total. The van der Waals surface area contributed by atoms with Crippen LogP contribution in [0.25, 0.3) is 5.69 Å². The van der Waals surface area contributed by atoms with E-state index in [2.05, 4.69) is 10.4 Å². The lowest BCUT2D eigenvalue weighted by atomic mass is 9.94. The molecule has 0 unspecified atom stereocenters. The summed E-state index contributed by atoms with van der Waals surface area (Å²) in [5.41, 5.74) is -1.13. The van der Waals surface area contributed by atoms with Crippen molar-refractivity contribution in [3.8, 4) is 11.4 Å². The number of ether oxygens (including phenoxy) is 1. The van der Waals surface area contributed by atoms with Crippen molar-refractivity contribution in [2.75, 3.05) is 12.0 Å². The quantitative estimate of drug-likeness (QED) is 0.431. The molecule has 3 aromatic rings. The number of halogens is 2. The predicted octanol–water partition coefficient (Wildman–Crippen LogP) is 3.34. The minimum atomic E-state index is -1.11. The molecule has 0 radical (unpaired) electrons. The number of benzene rings is 2. The largest absolute Gasteiger partial charge is 0.496 e. The molecule has 0 bridgehead atoms. The maximum Gasteiger partial charge on any atom is 0.377 e. The number of aldehydes is 1. The van der Waals surface area contributed by atoms with Crippen molar-refractivity contribution in [2.45, 2.75) is 38.1 Å². The van der Waals surface area contributed by atoms with E-state index >= 15 is 0 Å². The average molecular weight is 457 g/mol. The Morgan fingerprint density at radius 1 is 1.12 bits per heavy atom. The Balaban J connectivity index is 1.79. The van der Waals surface area contributed by atoms with Crippen molar-refractivity contribution >= 4 is 18.0 Å². The van der Waals surface area contributed by atoms with Gasteiger partial charge in [0.1, 0.15) is 11.4 Å².